The van der Waals surface area contributed by atoms with Crippen LogP contribution in [0, 0.1) is 0 Å². The third kappa shape index (κ3) is 1.57. The van der Waals surface area contributed by atoms with E-state index in [2.05, 4.69) is 18.7 Å². The molecule has 0 spiro atoms. The Morgan fingerprint density at radius 2 is 1.59 bits per heavy atom. The number of hydrogen-bond acceptors (Lipinski definition) is 2. The molecule has 1 aromatic carbocycles. The van der Waals surface area contributed by atoms with E-state index in [1.807, 2.05) is 51.2 Å². The Morgan fingerprint density at radius 1 is 1.06 bits per heavy atom. The van der Waals surface area contributed by atoms with Gasteiger partial charge in [0, 0.05) is 19.4 Å². The van der Waals surface area contributed by atoms with Gasteiger partial charge in [0.25, 0.3) is 11.4 Å². The molecule has 0 aromatic heterocycles. The largest absolute Gasteiger partial charge is 0.288 e. The predicted octanol–water partition coefficient (Wildman–Crippen LogP) is 2.34. The molecule has 0 bridgehead atoms. The summed E-state index contributed by atoms with van der Waals surface area (Å²) >= 11 is 0. The van der Waals surface area contributed by atoms with E-state index in [4.69, 9.17) is 0 Å². The van der Waals surface area contributed by atoms with Gasteiger partial charge in [-0.3, -0.25) is 5.21 Å². The fourth-order valence-corrected chi connectivity index (χ4v) is 2.59. The van der Waals surface area contributed by atoms with Gasteiger partial charge in [-0.25, -0.2) is 4.90 Å². The fraction of sp³-hybridized carbons (Fsp3) is 0.500. The Kier molecular flexibility index (Phi) is 2.54. The van der Waals surface area contributed by atoms with Crippen molar-refractivity contribution in [2.75, 3.05) is 7.05 Å². The van der Waals surface area contributed by atoms with Crippen molar-refractivity contribution in [2.24, 2.45) is 0 Å². The van der Waals surface area contributed by atoms with Crippen LogP contribution >= 0.6 is 0 Å². The van der Waals surface area contributed by atoms with Crippen LogP contribution in [0.4, 0.5) is 0 Å². The van der Waals surface area contributed by atoms with Crippen molar-refractivity contribution in [3.05, 3.63) is 35.9 Å². The zero-order valence-electron chi connectivity index (χ0n) is 11.2. The minimum atomic E-state index is -0.394. The van der Waals surface area contributed by atoms with E-state index in [0.717, 1.165) is 11.3 Å². The van der Waals surface area contributed by atoms with Crippen molar-refractivity contribution in [1.82, 2.24) is 4.90 Å². The molecule has 0 fully saturated rings. The van der Waals surface area contributed by atoms with Gasteiger partial charge < -0.3 is 0 Å². The Hall–Kier alpha value is -1.35. The van der Waals surface area contributed by atoms with E-state index in [1.165, 1.54) is 4.74 Å². The van der Waals surface area contributed by atoms with Gasteiger partial charge in [-0.2, -0.15) is 0 Å². The number of nitrogens with zero attached hydrogens (tertiary/aromatic N) is 2. The average Bonchev–Trinajstić information content (AvgIpc) is 2.39. The maximum absolute atomic E-state index is 10.4. The van der Waals surface area contributed by atoms with Gasteiger partial charge in [0.1, 0.15) is 5.54 Å². The first-order valence-corrected chi connectivity index (χ1v) is 5.95. The van der Waals surface area contributed by atoms with E-state index in [9.17, 15) is 5.21 Å². The second-order valence-corrected chi connectivity index (χ2v) is 5.64. The molecule has 17 heavy (non-hydrogen) atoms. The van der Waals surface area contributed by atoms with E-state index in [-0.39, 0.29) is 5.54 Å². The molecule has 0 amide bonds. The van der Waals surface area contributed by atoms with Crippen LogP contribution in [0.5, 0.6) is 0 Å². The molecule has 0 radical (unpaired) electrons. The van der Waals surface area contributed by atoms with Gasteiger partial charge in [-0.05, 0) is 37.8 Å². The van der Waals surface area contributed by atoms with Crippen molar-refractivity contribution in [3.63, 3.8) is 0 Å². The summed E-state index contributed by atoms with van der Waals surface area (Å²) in [7, 11) is 2.04. The highest BCUT2D eigenvalue weighted by Gasteiger charge is 2.58. The number of rotatable bonds is 1. The van der Waals surface area contributed by atoms with Crippen LogP contribution < -0.4 is 0 Å². The minimum absolute atomic E-state index is 0.195. The molecule has 1 aliphatic heterocycles. The van der Waals surface area contributed by atoms with E-state index in [0.29, 0.717) is 0 Å². The summed E-state index contributed by atoms with van der Waals surface area (Å²) in [6, 6.07) is 10.1. The van der Waals surface area contributed by atoms with Crippen LogP contribution in [0.3, 0.4) is 0 Å². The zero-order valence-corrected chi connectivity index (χ0v) is 11.2. The van der Waals surface area contributed by atoms with Gasteiger partial charge in [0.2, 0.25) is 0 Å². The predicted molar refractivity (Wildman–Crippen MR) is 68.5 cm³/mol. The molecule has 2 rings (SSSR count). The molecule has 0 unspecified atom stereocenters. The van der Waals surface area contributed by atoms with E-state index in [1.54, 1.807) is 0 Å². The summed E-state index contributed by atoms with van der Waals surface area (Å²) in [5, 5.41) is 10.4. The molecule has 0 aliphatic carbocycles. The van der Waals surface area contributed by atoms with Crippen LogP contribution in [0.15, 0.2) is 30.3 Å². The third-order valence-corrected chi connectivity index (χ3v) is 4.02. The molecule has 1 aromatic rings. The molecular weight excluding hydrogens is 212 g/mol. The summed E-state index contributed by atoms with van der Waals surface area (Å²) in [6.45, 7) is 8.30. The first-order valence-electron chi connectivity index (χ1n) is 5.95. The summed E-state index contributed by atoms with van der Waals surface area (Å²) in [4.78, 5) is 2.18. The lowest BCUT2D eigenvalue weighted by molar-refractivity contribution is -0.828. The quantitative estimate of drug-likeness (QED) is 0.595. The molecule has 0 saturated carbocycles. The van der Waals surface area contributed by atoms with E-state index < -0.39 is 5.66 Å². The van der Waals surface area contributed by atoms with Crippen LogP contribution in [0.25, 0.3) is 0 Å². The maximum atomic E-state index is 10.4. The highest BCUT2D eigenvalue weighted by atomic mass is 16.5. The second kappa shape index (κ2) is 3.57. The van der Waals surface area contributed by atoms with Crippen LogP contribution in [-0.2, 0) is 0 Å². The Bertz CT molecular complexity index is 460. The molecule has 92 valence electrons. The first-order chi connectivity index (χ1) is 7.79. The van der Waals surface area contributed by atoms with Crippen molar-refractivity contribution < 1.29 is 9.95 Å². The molecule has 1 aliphatic rings. The van der Waals surface area contributed by atoms with Crippen molar-refractivity contribution >= 4 is 5.71 Å². The molecule has 3 nitrogen and oxygen atoms in total. The Labute approximate surface area is 103 Å². The monoisotopic (exact) mass is 233 g/mol. The summed E-state index contributed by atoms with van der Waals surface area (Å²) in [5.74, 6) is 0. The average molecular weight is 233 g/mol. The maximum Gasteiger partial charge on any atom is 0.262 e. The highest BCUT2D eigenvalue weighted by Crippen LogP contribution is 2.34. The standard InChI is InChI=1S/C14H21N2O/c1-13(2)12(11-9-7-6-8-10-11)16(17)14(3,4)15(13)5/h6-10,17H,1-5H3/q+1. The first kappa shape index (κ1) is 12.1. The Balaban J connectivity index is 2.63. The van der Waals surface area contributed by atoms with Gasteiger partial charge in [0.15, 0.2) is 0 Å². The number of hydroxylamine groups is 1. The van der Waals surface area contributed by atoms with E-state index >= 15 is 0 Å². The summed E-state index contributed by atoms with van der Waals surface area (Å²) in [5.41, 5.74) is 1.43. The molecule has 0 atom stereocenters. The fourth-order valence-electron chi connectivity index (χ4n) is 2.59. The summed E-state index contributed by atoms with van der Waals surface area (Å²) in [6.07, 6.45) is 0. The molecule has 1 N–H and O–H groups in total. The second-order valence-electron chi connectivity index (χ2n) is 5.64. The minimum Gasteiger partial charge on any atom is -0.288 e. The van der Waals surface area contributed by atoms with Crippen LogP contribution in [-0.4, -0.2) is 38.8 Å². The SMILES string of the molecule is CN1C(C)(C)C(c2ccccc2)=[N+](O)C1(C)C. The highest BCUT2D eigenvalue weighted by molar-refractivity contribution is 6.04. The number of benzene rings is 1. The van der Waals surface area contributed by atoms with Crippen LogP contribution in [0.2, 0.25) is 0 Å². The lowest BCUT2D eigenvalue weighted by Gasteiger charge is -2.30. The summed E-state index contributed by atoms with van der Waals surface area (Å²) < 4.78 is 1.39. The Morgan fingerprint density at radius 3 is 2.00 bits per heavy atom. The zero-order chi connectivity index (χ0) is 12.8. The molecule has 3 heteroatoms. The molecule has 1 heterocycles. The van der Waals surface area contributed by atoms with Crippen molar-refractivity contribution in [1.29, 1.82) is 0 Å². The van der Waals surface area contributed by atoms with Crippen molar-refractivity contribution in [3.8, 4) is 0 Å². The van der Waals surface area contributed by atoms with Crippen molar-refractivity contribution in [2.45, 2.75) is 38.9 Å². The van der Waals surface area contributed by atoms with Gasteiger partial charge >= 0.3 is 0 Å². The third-order valence-electron chi connectivity index (χ3n) is 4.02. The lowest BCUT2D eigenvalue weighted by atomic mass is 9.92. The van der Waals surface area contributed by atoms with Gasteiger partial charge in [0.05, 0.1) is 0 Å². The van der Waals surface area contributed by atoms with Crippen LogP contribution in [0.1, 0.15) is 33.3 Å². The number of likely N-dealkylation sites (N-methyl/N-ethyl adjacent to an activating group) is 1. The normalized spacial score (nSPS) is 23.1. The molecular formula is C14H21N2O+. The number of hydrogen-bond donors (Lipinski definition) is 1. The smallest absolute Gasteiger partial charge is 0.262 e. The topological polar surface area (TPSA) is 26.5 Å². The lowest BCUT2D eigenvalue weighted by Crippen LogP contribution is -2.51. The van der Waals surface area contributed by atoms with Gasteiger partial charge in [-0.15, -0.1) is 0 Å². The molecule has 0 saturated heterocycles. The van der Waals surface area contributed by atoms with Gasteiger partial charge in [-0.1, -0.05) is 18.2 Å².